The van der Waals surface area contributed by atoms with Crippen molar-refractivity contribution in [1.82, 2.24) is 10.0 Å². The molecule has 9 heteroatoms. The molecule has 0 saturated heterocycles. The van der Waals surface area contributed by atoms with Crippen molar-refractivity contribution in [1.29, 1.82) is 0 Å². The molecule has 128 valence electrons. The van der Waals surface area contributed by atoms with Crippen molar-refractivity contribution in [2.75, 3.05) is 18.4 Å². The molecule has 0 fully saturated rings. The molecule has 23 heavy (non-hydrogen) atoms. The zero-order valence-corrected chi connectivity index (χ0v) is 13.6. The highest BCUT2D eigenvalue weighted by Gasteiger charge is 2.14. The first-order valence-electron chi connectivity index (χ1n) is 7.21. The van der Waals surface area contributed by atoms with Crippen molar-refractivity contribution in [3.05, 3.63) is 24.3 Å². The second kappa shape index (κ2) is 9.11. The van der Waals surface area contributed by atoms with Crippen LogP contribution in [0.1, 0.15) is 26.2 Å². The molecule has 8 nitrogen and oxygen atoms in total. The van der Waals surface area contributed by atoms with Gasteiger partial charge in [0.15, 0.2) is 0 Å². The fraction of sp³-hybridized carbons (Fsp3) is 0.429. The van der Waals surface area contributed by atoms with Gasteiger partial charge in [0, 0.05) is 18.8 Å². The summed E-state index contributed by atoms with van der Waals surface area (Å²) in [4.78, 5) is 22.0. The number of aliphatic carboxylic acids is 1. The topological polar surface area (TPSA) is 125 Å². The van der Waals surface area contributed by atoms with Gasteiger partial charge in [0.05, 0.1) is 11.3 Å². The Morgan fingerprint density at radius 3 is 2.61 bits per heavy atom. The number of unbranched alkanes of at least 4 members (excludes halogenated alkanes) is 1. The fourth-order valence-corrected chi connectivity index (χ4v) is 2.79. The average Bonchev–Trinajstić information content (AvgIpc) is 2.47. The van der Waals surface area contributed by atoms with Gasteiger partial charge < -0.3 is 15.7 Å². The van der Waals surface area contributed by atoms with E-state index in [2.05, 4.69) is 15.4 Å². The summed E-state index contributed by atoms with van der Waals surface area (Å²) in [7, 11) is -3.62. The van der Waals surface area contributed by atoms with E-state index in [9.17, 15) is 18.0 Å². The predicted octanol–water partition coefficient (Wildman–Crippen LogP) is 1.36. The second-order valence-corrected chi connectivity index (χ2v) is 6.57. The third-order valence-electron chi connectivity index (χ3n) is 2.85. The molecular weight excluding hydrogens is 322 g/mol. The van der Waals surface area contributed by atoms with Crippen LogP contribution in [0.4, 0.5) is 10.5 Å². The number of carbonyl (C=O) groups is 2. The summed E-state index contributed by atoms with van der Waals surface area (Å²) < 4.78 is 26.7. The van der Waals surface area contributed by atoms with Crippen LogP contribution >= 0.6 is 0 Å². The quantitative estimate of drug-likeness (QED) is 0.504. The zero-order chi connectivity index (χ0) is 17.3. The molecule has 0 atom stereocenters. The molecule has 0 unspecified atom stereocenters. The first-order valence-corrected chi connectivity index (χ1v) is 8.70. The van der Waals surface area contributed by atoms with Crippen LogP contribution in [0.5, 0.6) is 0 Å². The number of carbonyl (C=O) groups excluding carboxylic acids is 1. The molecule has 0 heterocycles. The van der Waals surface area contributed by atoms with E-state index >= 15 is 0 Å². The summed E-state index contributed by atoms with van der Waals surface area (Å²) in [6, 6.07) is 5.23. The largest absolute Gasteiger partial charge is 0.481 e. The van der Waals surface area contributed by atoms with Crippen LogP contribution in [0.2, 0.25) is 0 Å². The Hall–Kier alpha value is -2.13. The van der Waals surface area contributed by atoms with Crippen molar-refractivity contribution in [3.8, 4) is 0 Å². The van der Waals surface area contributed by atoms with Gasteiger partial charge in [-0.1, -0.05) is 19.4 Å². The minimum absolute atomic E-state index is 0.0161. The van der Waals surface area contributed by atoms with E-state index in [1.54, 1.807) is 6.07 Å². The summed E-state index contributed by atoms with van der Waals surface area (Å²) in [6.07, 6.45) is 1.42. The van der Waals surface area contributed by atoms with Gasteiger partial charge in [-0.2, -0.15) is 0 Å². The number of anilines is 1. The highest BCUT2D eigenvalue weighted by molar-refractivity contribution is 7.89. The Kier molecular flexibility index (Phi) is 7.49. The van der Waals surface area contributed by atoms with Crippen LogP contribution in [0.15, 0.2) is 29.2 Å². The first-order chi connectivity index (χ1) is 10.8. The van der Waals surface area contributed by atoms with Crippen molar-refractivity contribution >= 4 is 27.7 Å². The smallest absolute Gasteiger partial charge is 0.319 e. The van der Waals surface area contributed by atoms with Crippen molar-refractivity contribution in [2.45, 2.75) is 31.1 Å². The fourth-order valence-electron chi connectivity index (χ4n) is 1.67. The SMILES string of the molecule is CCCCNS(=O)(=O)c1cccc(NC(=O)NCCC(=O)O)c1. The minimum atomic E-state index is -3.62. The lowest BCUT2D eigenvalue weighted by molar-refractivity contribution is -0.136. The van der Waals surface area contributed by atoms with Crippen LogP contribution in [0.3, 0.4) is 0 Å². The van der Waals surface area contributed by atoms with Crippen LogP contribution in [0.25, 0.3) is 0 Å². The van der Waals surface area contributed by atoms with Crippen molar-refractivity contribution < 1.29 is 23.1 Å². The molecule has 1 rings (SSSR count). The van der Waals surface area contributed by atoms with Gasteiger partial charge in [-0.15, -0.1) is 0 Å². The van der Waals surface area contributed by atoms with E-state index in [1.807, 2.05) is 6.92 Å². The maximum atomic E-state index is 12.1. The zero-order valence-electron chi connectivity index (χ0n) is 12.8. The molecule has 1 aromatic rings. The second-order valence-electron chi connectivity index (χ2n) is 4.80. The Balaban J connectivity index is 2.65. The maximum absolute atomic E-state index is 12.1. The van der Waals surface area contributed by atoms with Gasteiger partial charge in [0.1, 0.15) is 0 Å². The van der Waals surface area contributed by atoms with Crippen molar-refractivity contribution in [2.24, 2.45) is 0 Å². The molecule has 0 aliphatic carbocycles. The molecule has 0 aliphatic rings. The molecule has 0 aromatic heterocycles. The standard InChI is InChI=1S/C14H21N3O5S/c1-2-3-8-16-23(21,22)12-6-4-5-11(10-12)17-14(20)15-9-7-13(18)19/h4-6,10,16H,2-3,7-9H2,1H3,(H,18,19)(H2,15,17,20). The number of rotatable bonds is 9. The third kappa shape index (κ3) is 7.11. The summed E-state index contributed by atoms with van der Waals surface area (Å²) in [5.41, 5.74) is 0.302. The number of amides is 2. The summed E-state index contributed by atoms with van der Waals surface area (Å²) >= 11 is 0. The number of sulfonamides is 1. The predicted molar refractivity (Wildman–Crippen MR) is 85.8 cm³/mol. The molecule has 0 radical (unpaired) electrons. The molecule has 0 spiro atoms. The molecule has 2 amide bonds. The number of nitrogens with one attached hydrogen (secondary N) is 3. The highest BCUT2D eigenvalue weighted by atomic mass is 32.2. The number of hydrogen-bond acceptors (Lipinski definition) is 4. The van der Waals surface area contributed by atoms with E-state index in [4.69, 9.17) is 5.11 Å². The van der Waals surface area contributed by atoms with Crippen LogP contribution in [-0.4, -0.2) is 38.6 Å². The first kappa shape index (κ1) is 18.9. The van der Waals surface area contributed by atoms with Gasteiger partial charge in [-0.3, -0.25) is 4.79 Å². The van der Waals surface area contributed by atoms with Gasteiger partial charge in [-0.05, 0) is 24.6 Å². The molecule has 0 saturated carbocycles. The van der Waals surface area contributed by atoms with E-state index in [0.29, 0.717) is 12.2 Å². The van der Waals surface area contributed by atoms with E-state index in [-0.39, 0.29) is 17.9 Å². The summed E-state index contributed by atoms with van der Waals surface area (Å²) in [5, 5.41) is 13.3. The summed E-state index contributed by atoms with van der Waals surface area (Å²) in [5.74, 6) is -1.02. The number of benzene rings is 1. The van der Waals surface area contributed by atoms with E-state index in [1.165, 1.54) is 18.2 Å². The van der Waals surface area contributed by atoms with Crippen LogP contribution in [-0.2, 0) is 14.8 Å². The van der Waals surface area contributed by atoms with E-state index < -0.39 is 22.0 Å². The van der Waals surface area contributed by atoms with Crippen LogP contribution in [0, 0.1) is 0 Å². The molecular formula is C14H21N3O5S. The van der Waals surface area contributed by atoms with Gasteiger partial charge in [-0.25, -0.2) is 17.9 Å². The Bertz CT molecular complexity index is 646. The lowest BCUT2D eigenvalue weighted by atomic mass is 10.3. The lowest BCUT2D eigenvalue weighted by Gasteiger charge is -2.10. The van der Waals surface area contributed by atoms with Gasteiger partial charge in [0.2, 0.25) is 10.0 Å². The number of carboxylic acid groups (broad SMARTS) is 1. The number of urea groups is 1. The molecule has 0 bridgehead atoms. The van der Waals surface area contributed by atoms with Crippen LogP contribution < -0.4 is 15.4 Å². The maximum Gasteiger partial charge on any atom is 0.319 e. The minimum Gasteiger partial charge on any atom is -0.481 e. The van der Waals surface area contributed by atoms with Gasteiger partial charge in [0.25, 0.3) is 0 Å². The Morgan fingerprint density at radius 2 is 1.96 bits per heavy atom. The highest BCUT2D eigenvalue weighted by Crippen LogP contribution is 2.15. The lowest BCUT2D eigenvalue weighted by Crippen LogP contribution is -2.30. The average molecular weight is 343 g/mol. The molecule has 4 N–H and O–H groups in total. The van der Waals surface area contributed by atoms with E-state index in [0.717, 1.165) is 12.8 Å². The Morgan fingerprint density at radius 1 is 1.22 bits per heavy atom. The monoisotopic (exact) mass is 343 g/mol. The molecule has 1 aromatic carbocycles. The number of carboxylic acids is 1. The third-order valence-corrected chi connectivity index (χ3v) is 4.31. The summed E-state index contributed by atoms with van der Waals surface area (Å²) in [6.45, 7) is 2.30. The van der Waals surface area contributed by atoms with Crippen molar-refractivity contribution in [3.63, 3.8) is 0 Å². The number of hydrogen-bond donors (Lipinski definition) is 4. The van der Waals surface area contributed by atoms with Gasteiger partial charge >= 0.3 is 12.0 Å². The normalized spacial score (nSPS) is 11.0. The molecule has 0 aliphatic heterocycles. The Labute approximate surface area is 135 Å².